The summed E-state index contributed by atoms with van der Waals surface area (Å²) in [5, 5.41) is 0. The Kier molecular flexibility index (Phi) is 5.03. The predicted octanol–water partition coefficient (Wildman–Crippen LogP) is 4.95. The highest BCUT2D eigenvalue weighted by molar-refractivity contribution is 6.17. The Labute approximate surface area is 125 Å². The molecule has 2 rings (SSSR count). The summed E-state index contributed by atoms with van der Waals surface area (Å²) in [7, 11) is 0. The van der Waals surface area contributed by atoms with Gasteiger partial charge in [0.05, 0.1) is 11.0 Å². The molecule has 0 amide bonds. The molecule has 4 heteroatoms. The number of nitrogens with zero attached hydrogens (tertiary/aromatic N) is 2. The van der Waals surface area contributed by atoms with Gasteiger partial charge in [-0.05, 0) is 31.4 Å². The number of benzene rings is 1. The fourth-order valence-electron chi connectivity index (χ4n) is 2.73. The number of hydrogen-bond acceptors (Lipinski definition) is 1. The number of rotatable bonds is 6. The Balaban J connectivity index is 2.45. The van der Waals surface area contributed by atoms with Crippen LogP contribution in [0.1, 0.15) is 45.5 Å². The van der Waals surface area contributed by atoms with Crippen molar-refractivity contribution in [1.29, 1.82) is 0 Å². The van der Waals surface area contributed by atoms with Crippen LogP contribution in [0.4, 0.5) is 4.39 Å². The van der Waals surface area contributed by atoms with E-state index in [0.29, 0.717) is 24.3 Å². The topological polar surface area (TPSA) is 17.8 Å². The average Bonchev–Trinajstić information content (AvgIpc) is 2.76. The molecule has 0 saturated heterocycles. The maximum atomic E-state index is 13.4. The largest absolute Gasteiger partial charge is 0.325 e. The number of aromatic nitrogens is 2. The molecule has 0 saturated carbocycles. The molecule has 2 aromatic rings. The lowest BCUT2D eigenvalue weighted by Crippen LogP contribution is -2.13. The third-order valence-electron chi connectivity index (χ3n) is 3.92. The summed E-state index contributed by atoms with van der Waals surface area (Å²) in [6.07, 6.45) is 2.97. The zero-order chi connectivity index (χ0) is 14.7. The molecule has 1 aromatic carbocycles. The van der Waals surface area contributed by atoms with Crippen LogP contribution in [0, 0.1) is 11.7 Å². The van der Waals surface area contributed by atoms with E-state index in [0.717, 1.165) is 29.7 Å². The molecule has 0 bridgehead atoms. The van der Waals surface area contributed by atoms with E-state index in [1.165, 1.54) is 12.1 Å². The molecule has 2 nitrogen and oxygen atoms in total. The van der Waals surface area contributed by atoms with Crippen LogP contribution in [-0.2, 0) is 6.42 Å². The monoisotopic (exact) mass is 296 g/mol. The molecule has 0 spiro atoms. The molecule has 0 N–H and O–H groups in total. The van der Waals surface area contributed by atoms with Crippen molar-refractivity contribution in [3.05, 3.63) is 29.8 Å². The maximum absolute atomic E-state index is 13.4. The summed E-state index contributed by atoms with van der Waals surface area (Å²) in [5.74, 6) is 1.90. The molecule has 110 valence electrons. The van der Waals surface area contributed by atoms with E-state index >= 15 is 0 Å². The minimum Gasteiger partial charge on any atom is -0.325 e. The second-order valence-corrected chi connectivity index (χ2v) is 5.95. The van der Waals surface area contributed by atoms with Gasteiger partial charge in [0.2, 0.25) is 0 Å². The molecule has 0 radical (unpaired) electrons. The summed E-state index contributed by atoms with van der Waals surface area (Å²) < 4.78 is 15.6. The summed E-state index contributed by atoms with van der Waals surface area (Å²) in [6, 6.07) is 5.17. The molecule has 0 fully saturated rings. The van der Waals surface area contributed by atoms with Crippen LogP contribution in [0.3, 0.4) is 0 Å². The van der Waals surface area contributed by atoms with E-state index in [1.54, 1.807) is 0 Å². The quantitative estimate of drug-likeness (QED) is 0.689. The number of hydrogen-bond donors (Lipinski definition) is 0. The van der Waals surface area contributed by atoms with E-state index in [2.05, 4.69) is 30.3 Å². The Morgan fingerprint density at radius 1 is 1.35 bits per heavy atom. The number of fused-ring (bicyclic) bond motifs is 1. The first-order chi connectivity index (χ1) is 9.56. The van der Waals surface area contributed by atoms with Crippen molar-refractivity contribution in [2.24, 2.45) is 5.92 Å². The summed E-state index contributed by atoms with van der Waals surface area (Å²) in [5.41, 5.74) is 1.73. The molecule has 1 heterocycles. The highest BCUT2D eigenvalue weighted by Gasteiger charge is 2.17. The van der Waals surface area contributed by atoms with Gasteiger partial charge in [-0.3, -0.25) is 0 Å². The molecule has 20 heavy (non-hydrogen) atoms. The number of imidazole rings is 1. The van der Waals surface area contributed by atoms with Crippen molar-refractivity contribution in [3.63, 3.8) is 0 Å². The van der Waals surface area contributed by atoms with Crippen molar-refractivity contribution < 1.29 is 4.39 Å². The van der Waals surface area contributed by atoms with Gasteiger partial charge >= 0.3 is 0 Å². The fourth-order valence-corrected chi connectivity index (χ4v) is 2.90. The van der Waals surface area contributed by atoms with Crippen LogP contribution in [0.2, 0.25) is 0 Å². The third kappa shape index (κ3) is 3.14. The second kappa shape index (κ2) is 6.57. The van der Waals surface area contributed by atoms with Gasteiger partial charge in [-0.1, -0.05) is 20.3 Å². The molecule has 2 atom stereocenters. The van der Waals surface area contributed by atoms with E-state index in [1.807, 2.05) is 6.07 Å². The van der Waals surface area contributed by atoms with Crippen molar-refractivity contribution in [2.45, 2.75) is 46.1 Å². The molecule has 1 aromatic heterocycles. The van der Waals surface area contributed by atoms with Crippen molar-refractivity contribution in [2.75, 3.05) is 5.88 Å². The van der Waals surface area contributed by atoms with Gasteiger partial charge in [0, 0.05) is 24.4 Å². The molecular formula is C16H22ClFN2. The lowest BCUT2D eigenvalue weighted by atomic mass is 10.00. The van der Waals surface area contributed by atoms with Crippen LogP contribution in [-0.4, -0.2) is 15.4 Å². The Bertz CT molecular complexity index is 579. The van der Waals surface area contributed by atoms with Gasteiger partial charge in [0.15, 0.2) is 0 Å². The number of alkyl halides is 1. The summed E-state index contributed by atoms with van der Waals surface area (Å²) in [4.78, 5) is 4.56. The van der Waals surface area contributed by atoms with Crippen molar-refractivity contribution in [3.8, 4) is 0 Å². The predicted molar refractivity (Wildman–Crippen MR) is 82.9 cm³/mol. The van der Waals surface area contributed by atoms with Gasteiger partial charge in [-0.2, -0.15) is 0 Å². The van der Waals surface area contributed by atoms with Crippen LogP contribution in [0.25, 0.3) is 11.0 Å². The first-order valence-electron chi connectivity index (χ1n) is 7.29. The Morgan fingerprint density at radius 2 is 2.10 bits per heavy atom. The zero-order valence-corrected chi connectivity index (χ0v) is 13.1. The highest BCUT2D eigenvalue weighted by Crippen LogP contribution is 2.27. The second-order valence-electron chi connectivity index (χ2n) is 5.57. The molecule has 0 aliphatic carbocycles. The minimum absolute atomic E-state index is 0.242. The van der Waals surface area contributed by atoms with Crippen molar-refractivity contribution >= 4 is 22.6 Å². The number of aryl methyl sites for hydroxylation is 1. The standard InChI is InChI=1S/C16H22ClFN2/c1-4-11(2)9-12(3)20-15-6-5-13(18)10-14(15)19-16(20)7-8-17/h5-6,10-12H,4,7-9H2,1-3H3. The van der Waals surface area contributed by atoms with Gasteiger partial charge < -0.3 is 4.57 Å². The Morgan fingerprint density at radius 3 is 2.75 bits per heavy atom. The minimum atomic E-state index is -0.242. The number of halogens is 2. The first kappa shape index (κ1) is 15.3. The van der Waals surface area contributed by atoms with Crippen LogP contribution in [0.5, 0.6) is 0 Å². The van der Waals surface area contributed by atoms with Crippen LogP contribution in [0.15, 0.2) is 18.2 Å². The average molecular weight is 297 g/mol. The summed E-state index contributed by atoms with van der Waals surface area (Å²) in [6.45, 7) is 6.67. The van der Waals surface area contributed by atoms with Crippen molar-refractivity contribution in [1.82, 2.24) is 9.55 Å². The molecular weight excluding hydrogens is 275 g/mol. The Hall–Kier alpha value is -1.09. The van der Waals surface area contributed by atoms with Crippen LogP contribution >= 0.6 is 11.6 Å². The zero-order valence-electron chi connectivity index (χ0n) is 12.4. The van der Waals surface area contributed by atoms with Gasteiger partial charge in [-0.25, -0.2) is 9.37 Å². The van der Waals surface area contributed by atoms with Gasteiger partial charge in [0.1, 0.15) is 11.6 Å². The SMILES string of the molecule is CCC(C)CC(C)n1c(CCCl)nc2cc(F)ccc21. The van der Waals surface area contributed by atoms with Gasteiger partial charge in [0.25, 0.3) is 0 Å². The van der Waals surface area contributed by atoms with E-state index in [-0.39, 0.29) is 5.82 Å². The lowest BCUT2D eigenvalue weighted by molar-refractivity contribution is 0.397. The maximum Gasteiger partial charge on any atom is 0.125 e. The summed E-state index contributed by atoms with van der Waals surface area (Å²) >= 11 is 5.88. The fraction of sp³-hybridized carbons (Fsp3) is 0.562. The molecule has 0 aliphatic rings. The van der Waals surface area contributed by atoms with Gasteiger partial charge in [-0.15, -0.1) is 11.6 Å². The smallest absolute Gasteiger partial charge is 0.125 e. The van der Waals surface area contributed by atoms with E-state index in [9.17, 15) is 4.39 Å². The van der Waals surface area contributed by atoms with E-state index < -0.39 is 0 Å². The molecule has 0 aliphatic heterocycles. The highest BCUT2D eigenvalue weighted by atomic mass is 35.5. The molecule has 2 unspecified atom stereocenters. The normalized spacial score (nSPS) is 14.7. The lowest BCUT2D eigenvalue weighted by Gasteiger charge is -2.20. The third-order valence-corrected chi connectivity index (χ3v) is 4.11. The van der Waals surface area contributed by atoms with E-state index in [4.69, 9.17) is 11.6 Å². The van der Waals surface area contributed by atoms with Crippen LogP contribution < -0.4 is 0 Å². The first-order valence-corrected chi connectivity index (χ1v) is 7.82.